The lowest BCUT2D eigenvalue weighted by atomic mass is 10.0. The molecule has 2 aromatic heterocycles. The molecule has 0 radical (unpaired) electrons. The van der Waals surface area contributed by atoms with Crippen LogP contribution in [0.1, 0.15) is 37.5 Å². The van der Waals surface area contributed by atoms with Crippen molar-refractivity contribution >= 4 is 5.65 Å². The zero-order valence-electron chi connectivity index (χ0n) is 13.6. The number of fused-ring (bicyclic) bond motifs is 1. The van der Waals surface area contributed by atoms with E-state index in [1.807, 2.05) is 28.9 Å². The first kappa shape index (κ1) is 15.7. The van der Waals surface area contributed by atoms with Gasteiger partial charge in [-0.2, -0.15) is 0 Å². The molecule has 0 aliphatic heterocycles. The molecule has 1 aromatic carbocycles. The minimum absolute atomic E-state index is 0.213. The van der Waals surface area contributed by atoms with E-state index < -0.39 is 6.10 Å². The lowest BCUT2D eigenvalue weighted by Crippen LogP contribution is -2.21. The first-order chi connectivity index (χ1) is 11.1. The van der Waals surface area contributed by atoms with Gasteiger partial charge in [0.1, 0.15) is 5.65 Å². The van der Waals surface area contributed by atoms with Crippen LogP contribution in [0.3, 0.4) is 0 Å². The molecule has 0 amide bonds. The fraction of sp³-hybridized carbons (Fsp3) is 0.316. The van der Waals surface area contributed by atoms with Crippen molar-refractivity contribution in [3.05, 3.63) is 59.9 Å². The molecular weight excluding hydrogens is 286 g/mol. The Labute approximate surface area is 136 Å². The van der Waals surface area contributed by atoms with E-state index in [0.717, 1.165) is 35.3 Å². The smallest absolute Gasteiger partial charge is 0.143 e. The summed E-state index contributed by atoms with van der Waals surface area (Å²) in [7, 11) is 0. The van der Waals surface area contributed by atoms with Crippen LogP contribution in [0.4, 0.5) is 0 Å². The van der Waals surface area contributed by atoms with Crippen LogP contribution in [0, 0.1) is 0 Å². The molecule has 2 atom stereocenters. The third kappa shape index (κ3) is 3.28. The number of nitrogens with zero attached hydrogens (tertiary/aromatic N) is 2. The van der Waals surface area contributed by atoms with Gasteiger partial charge in [0.2, 0.25) is 0 Å². The lowest BCUT2D eigenvalue weighted by Gasteiger charge is -2.08. The number of nitrogens with two attached hydrogens (primary N) is 1. The number of aromatic nitrogens is 2. The molecule has 0 saturated heterocycles. The second-order valence-electron chi connectivity index (χ2n) is 6.07. The largest absolute Gasteiger partial charge is 0.389 e. The van der Waals surface area contributed by atoms with Crippen molar-refractivity contribution in [2.24, 2.45) is 5.73 Å². The minimum atomic E-state index is -0.535. The van der Waals surface area contributed by atoms with E-state index >= 15 is 0 Å². The van der Waals surface area contributed by atoms with Gasteiger partial charge in [0, 0.05) is 29.6 Å². The fourth-order valence-electron chi connectivity index (χ4n) is 2.76. The summed E-state index contributed by atoms with van der Waals surface area (Å²) in [4.78, 5) is 4.69. The Morgan fingerprint density at radius 1 is 1.22 bits per heavy atom. The maximum atomic E-state index is 9.88. The fourth-order valence-corrected chi connectivity index (χ4v) is 2.76. The maximum absolute atomic E-state index is 9.88. The summed E-state index contributed by atoms with van der Waals surface area (Å²) in [6.07, 6.45) is 5.29. The van der Waals surface area contributed by atoms with Crippen LogP contribution in [0.25, 0.3) is 16.9 Å². The predicted octanol–water partition coefficient (Wildman–Crippen LogP) is 3.33. The molecule has 0 saturated carbocycles. The average molecular weight is 309 g/mol. The molecule has 120 valence electrons. The number of aliphatic hydroxyl groups excluding tert-OH is 1. The second-order valence-corrected chi connectivity index (χ2v) is 6.07. The zero-order chi connectivity index (χ0) is 16.4. The summed E-state index contributed by atoms with van der Waals surface area (Å²) in [5, 5.41) is 9.88. The Hall–Kier alpha value is -2.17. The van der Waals surface area contributed by atoms with E-state index in [9.17, 15) is 5.11 Å². The van der Waals surface area contributed by atoms with Crippen LogP contribution in [-0.4, -0.2) is 20.5 Å². The van der Waals surface area contributed by atoms with Crippen LogP contribution in [-0.2, 0) is 6.42 Å². The molecule has 1 unspecified atom stereocenters. The second kappa shape index (κ2) is 6.52. The maximum Gasteiger partial charge on any atom is 0.143 e. The summed E-state index contributed by atoms with van der Waals surface area (Å²) in [6, 6.07) is 12.4. The van der Waals surface area contributed by atoms with Crippen LogP contribution in [0.5, 0.6) is 0 Å². The third-order valence-electron chi connectivity index (χ3n) is 4.24. The lowest BCUT2D eigenvalue weighted by molar-refractivity contribution is 0.200. The highest BCUT2D eigenvalue weighted by atomic mass is 16.3. The van der Waals surface area contributed by atoms with Crippen molar-refractivity contribution < 1.29 is 5.11 Å². The first-order valence-corrected chi connectivity index (χ1v) is 8.09. The number of hydrogen-bond acceptors (Lipinski definition) is 3. The Balaban J connectivity index is 1.93. The van der Waals surface area contributed by atoms with E-state index in [4.69, 9.17) is 5.73 Å². The minimum Gasteiger partial charge on any atom is -0.389 e. The van der Waals surface area contributed by atoms with Gasteiger partial charge in [-0.05, 0) is 31.4 Å². The third-order valence-corrected chi connectivity index (χ3v) is 4.24. The Bertz CT molecular complexity index is 790. The Kier molecular flexibility index (Phi) is 4.46. The standard InChI is InChI=1S/C19H23N3O/c1-3-16(20)11-14-6-8-15(9-7-14)18-12-22-10-4-5-17(13(2)23)19(22)21-18/h4-10,12-13,16,23H,3,11,20H2,1-2H3/t13?,16-/m1/s1. The molecule has 4 heteroatoms. The number of rotatable bonds is 5. The van der Waals surface area contributed by atoms with Crippen LogP contribution < -0.4 is 5.73 Å². The molecule has 3 N–H and O–H groups in total. The van der Waals surface area contributed by atoms with Crippen molar-refractivity contribution in [3.63, 3.8) is 0 Å². The highest BCUT2D eigenvalue weighted by molar-refractivity contribution is 5.64. The summed E-state index contributed by atoms with van der Waals surface area (Å²) >= 11 is 0. The summed E-state index contributed by atoms with van der Waals surface area (Å²) < 4.78 is 1.96. The van der Waals surface area contributed by atoms with Gasteiger partial charge in [0.25, 0.3) is 0 Å². The highest BCUT2D eigenvalue weighted by Crippen LogP contribution is 2.24. The van der Waals surface area contributed by atoms with E-state index in [-0.39, 0.29) is 6.04 Å². The van der Waals surface area contributed by atoms with E-state index in [1.54, 1.807) is 6.92 Å². The SMILES string of the molecule is CC[C@@H](N)Cc1ccc(-c2cn3cccc(C(C)O)c3n2)cc1. The van der Waals surface area contributed by atoms with Gasteiger partial charge in [-0.1, -0.05) is 37.3 Å². The molecule has 3 aromatic rings. The summed E-state index contributed by atoms with van der Waals surface area (Å²) in [5.41, 5.74) is 10.9. The topological polar surface area (TPSA) is 63.5 Å². The van der Waals surface area contributed by atoms with E-state index in [1.165, 1.54) is 5.56 Å². The van der Waals surface area contributed by atoms with E-state index in [2.05, 4.69) is 36.2 Å². The van der Waals surface area contributed by atoms with Crippen molar-refractivity contribution in [2.75, 3.05) is 0 Å². The molecule has 4 nitrogen and oxygen atoms in total. The van der Waals surface area contributed by atoms with Gasteiger partial charge in [-0.15, -0.1) is 0 Å². The predicted molar refractivity (Wildman–Crippen MR) is 93.2 cm³/mol. The van der Waals surface area contributed by atoms with E-state index in [0.29, 0.717) is 0 Å². The number of aliphatic hydroxyl groups is 1. The van der Waals surface area contributed by atoms with Crippen molar-refractivity contribution in [1.29, 1.82) is 0 Å². The van der Waals surface area contributed by atoms with Crippen LogP contribution in [0.15, 0.2) is 48.8 Å². The molecule has 3 rings (SSSR count). The van der Waals surface area contributed by atoms with Crippen molar-refractivity contribution in [3.8, 4) is 11.3 Å². The van der Waals surface area contributed by atoms with Crippen molar-refractivity contribution in [1.82, 2.24) is 9.38 Å². The molecule has 0 fully saturated rings. The van der Waals surface area contributed by atoms with Gasteiger partial charge in [0.15, 0.2) is 0 Å². The molecule has 0 aliphatic carbocycles. The monoisotopic (exact) mass is 309 g/mol. The van der Waals surface area contributed by atoms with Crippen LogP contribution >= 0.6 is 0 Å². The molecule has 0 bridgehead atoms. The number of imidazole rings is 1. The normalized spacial score (nSPS) is 14.1. The summed E-state index contributed by atoms with van der Waals surface area (Å²) in [6.45, 7) is 3.87. The number of pyridine rings is 1. The molecule has 23 heavy (non-hydrogen) atoms. The highest BCUT2D eigenvalue weighted by Gasteiger charge is 2.11. The van der Waals surface area contributed by atoms with Gasteiger partial charge < -0.3 is 15.2 Å². The molecule has 0 aliphatic rings. The zero-order valence-corrected chi connectivity index (χ0v) is 13.6. The van der Waals surface area contributed by atoms with Crippen molar-refractivity contribution in [2.45, 2.75) is 38.8 Å². The summed E-state index contributed by atoms with van der Waals surface area (Å²) in [5.74, 6) is 0. The van der Waals surface area contributed by atoms with Crippen LogP contribution in [0.2, 0.25) is 0 Å². The van der Waals surface area contributed by atoms with Gasteiger partial charge in [-0.25, -0.2) is 4.98 Å². The molecule has 2 heterocycles. The average Bonchev–Trinajstić information content (AvgIpc) is 2.99. The number of hydrogen-bond donors (Lipinski definition) is 2. The Morgan fingerprint density at radius 2 is 1.96 bits per heavy atom. The molecule has 0 spiro atoms. The Morgan fingerprint density at radius 3 is 2.61 bits per heavy atom. The molecular formula is C19H23N3O. The van der Waals surface area contributed by atoms with Gasteiger partial charge in [0.05, 0.1) is 11.8 Å². The number of benzene rings is 1. The van der Waals surface area contributed by atoms with Gasteiger partial charge >= 0.3 is 0 Å². The van der Waals surface area contributed by atoms with Gasteiger partial charge in [-0.3, -0.25) is 0 Å². The quantitative estimate of drug-likeness (QED) is 0.760. The first-order valence-electron chi connectivity index (χ1n) is 8.09.